The van der Waals surface area contributed by atoms with E-state index in [-0.39, 0.29) is 28.5 Å². The van der Waals surface area contributed by atoms with Gasteiger partial charge in [-0.3, -0.25) is 4.79 Å². The second-order valence-electron chi connectivity index (χ2n) is 8.05. The van der Waals surface area contributed by atoms with E-state index in [1.54, 1.807) is 9.80 Å². The number of halogens is 4. The topological polar surface area (TPSA) is 109 Å². The number of amides is 1. The van der Waals surface area contributed by atoms with E-state index in [9.17, 15) is 30.8 Å². The molecule has 0 saturated carbocycles. The average molecular weight is 491 g/mol. The van der Waals surface area contributed by atoms with Crippen molar-refractivity contribution in [3.8, 4) is 0 Å². The molecule has 3 heterocycles. The molecule has 1 aromatic heterocycles. The SMILES string of the molecule is CS(=O)(=O)c1ccc(N[C@H]2CCN(C3CCN(c4noc(C(F)(F)F)n4)CC3)C2=O)c(F)c1. The number of piperidine rings is 1. The molecule has 1 atom stereocenters. The van der Waals surface area contributed by atoms with Crippen LogP contribution in [0.3, 0.4) is 0 Å². The first-order valence-electron chi connectivity index (χ1n) is 10.2. The summed E-state index contributed by atoms with van der Waals surface area (Å²) in [7, 11) is -3.55. The first-order chi connectivity index (χ1) is 15.4. The summed E-state index contributed by atoms with van der Waals surface area (Å²) in [6, 6.07) is 2.70. The Morgan fingerprint density at radius 1 is 1.15 bits per heavy atom. The molecule has 2 aliphatic heterocycles. The molecular weight excluding hydrogens is 470 g/mol. The van der Waals surface area contributed by atoms with Crippen LogP contribution in [-0.2, 0) is 20.8 Å². The van der Waals surface area contributed by atoms with Crippen LogP contribution in [0.25, 0.3) is 0 Å². The first-order valence-corrected chi connectivity index (χ1v) is 12.0. The Morgan fingerprint density at radius 3 is 2.42 bits per heavy atom. The second-order valence-corrected chi connectivity index (χ2v) is 10.1. The van der Waals surface area contributed by atoms with Crippen molar-refractivity contribution in [3.63, 3.8) is 0 Å². The van der Waals surface area contributed by atoms with Gasteiger partial charge in [0.2, 0.25) is 5.91 Å². The number of benzene rings is 1. The average Bonchev–Trinajstić information content (AvgIpc) is 3.37. The Morgan fingerprint density at radius 2 is 1.85 bits per heavy atom. The second kappa shape index (κ2) is 8.47. The van der Waals surface area contributed by atoms with E-state index in [1.165, 1.54) is 12.1 Å². The van der Waals surface area contributed by atoms with Gasteiger partial charge in [0.05, 0.1) is 10.6 Å². The third-order valence-corrected chi connectivity index (χ3v) is 6.89. The maximum Gasteiger partial charge on any atom is 0.471 e. The van der Waals surface area contributed by atoms with Gasteiger partial charge >= 0.3 is 12.1 Å². The molecule has 0 spiro atoms. The summed E-state index contributed by atoms with van der Waals surface area (Å²) in [6.07, 6.45) is -2.28. The van der Waals surface area contributed by atoms with Gasteiger partial charge in [0, 0.05) is 31.9 Å². The molecule has 0 radical (unpaired) electrons. The van der Waals surface area contributed by atoms with Gasteiger partial charge in [-0.1, -0.05) is 0 Å². The minimum atomic E-state index is -4.71. The summed E-state index contributed by atoms with van der Waals surface area (Å²) in [6.45, 7) is 1.15. The van der Waals surface area contributed by atoms with Crippen molar-refractivity contribution >= 4 is 27.4 Å². The van der Waals surface area contributed by atoms with E-state index in [2.05, 4.69) is 20.0 Å². The van der Waals surface area contributed by atoms with E-state index < -0.39 is 33.8 Å². The van der Waals surface area contributed by atoms with Crippen LogP contribution in [0.4, 0.5) is 29.2 Å². The van der Waals surface area contributed by atoms with Gasteiger partial charge in [0.1, 0.15) is 11.9 Å². The molecule has 0 bridgehead atoms. The van der Waals surface area contributed by atoms with Crippen LogP contribution in [0.2, 0.25) is 0 Å². The normalized spacial score (nSPS) is 20.5. The summed E-state index contributed by atoms with van der Waals surface area (Å²) in [5.74, 6) is -2.52. The van der Waals surface area contributed by atoms with Crippen molar-refractivity contribution < 1.29 is 35.3 Å². The number of rotatable bonds is 5. The number of likely N-dealkylation sites (tertiary alicyclic amines) is 1. The molecule has 1 aromatic carbocycles. The van der Waals surface area contributed by atoms with Crippen molar-refractivity contribution in [1.82, 2.24) is 15.0 Å². The molecule has 1 N–H and O–H groups in total. The number of nitrogens with one attached hydrogen (secondary N) is 1. The minimum Gasteiger partial charge on any atom is -0.371 e. The van der Waals surface area contributed by atoms with Crippen molar-refractivity contribution in [1.29, 1.82) is 0 Å². The fourth-order valence-corrected chi connectivity index (χ4v) is 4.70. The predicted molar refractivity (Wildman–Crippen MR) is 108 cm³/mol. The minimum absolute atomic E-state index is 0.0370. The number of sulfone groups is 1. The summed E-state index contributed by atoms with van der Waals surface area (Å²) in [5.41, 5.74) is 0.0370. The van der Waals surface area contributed by atoms with Gasteiger partial charge in [-0.2, -0.15) is 18.2 Å². The smallest absolute Gasteiger partial charge is 0.371 e. The zero-order chi connectivity index (χ0) is 24.0. The highest BCUT2D eigenvalue weighted by Gasteiger charge is 2.40. The number of anilines is 2. The number of alkyl halides is 3. The first kappa shape index (κ1) is 23.3. The molecule has 2 aromatic rings. The van der Waals surface area contributed by atoms with Crippen molar-refractivity contribution in [2.75, 3.05) is 36.1 Å². The van der Waals surface area contributed by atoms with Crippen molar-refractivity contribution in [2.45, 2.75) is 42.4 Å². The van der Waals surface area contributed by atoms with Crippen LogP contribution < -0.4 is 10.2 Å². The Bertz CT molecular complexity index is 1150. The van der Waals surface area contributed by atoms with E-state index >= 15 is 0 Å². The molecular formula is C19H21F4N5O4S. The van der Waals surface area contributed by atoms with Crippen LogP contribution in [0.15, 0.2) is 27.6 Å². The van der Waals surface area contributed by atoms with Crippen LogP contribution in [0.1, 0.15) is 25.2 Å². The fraction of sp³-hybridized carbons (Fsp3) is 0.526. The lowest BCUT2D eigenvalue weighted by molar-refractivity contribution is -0.159. The van der Waals surface area contributed by atoms with E-state index in [0.29, 0.717) is 38.9 Å². The van der Waals surface area contributed by atoms with Gasteiger partial charge < -0.3 is 19.6 Å². The lowest BCUT2D eigenvalue weighted by atomic mass is 10.0. The quantitative estimate of drug-likeness (QED) is 0.635. The van der Waals surface area contributed by atoms with Crippen LogP contribution in [0, 0.1) is 5.82 Å². The molecule has 9 nitrogen and oxygen atoms in total. The summed E-state index contributed by atoms with van der Waals surface area (Å²) < 4.78 is 79.7. The molecule has 4 rings (SSSR count). The molecule has 0 unspecified atom stereocenters. The monoisotopic (exact) mass is 491 g/mol. The predicted octanol–water partition coefficient (Wildman–Crippen LogP) is 2.31. The molecule has 180 valence electrons. The van der Waals surface area contributed by atoms with E-state index in [4.69, 9.17) is 0 Å². The molecule has 14 heteroatoms. The Hall–Kier alpha value is -2.90. The number of hydrogen-bond acceptors (Lipinski definition) is 8. The summed E-state index contributed by atoms with van der Waals surface area (Å²) >= 11 is 0. The van der Waals surface area contributed by atoms with E-state index in [0.717, 1.165) is 12.3 Å². The zero-order valence-electron chi connectivity index (χ0n) is 17.5. The molecule has 1 amide bonds. The number of nitrogens with zero attached hydrogens (tertiary/aromatic N) is 4. The standard InChI is InChI=1S/C19H21F4N5O4S/c1-33(30,31)12-2-3-14(13(20)10-12)24-15-6-9-28(16(15)29)11-4-7-27(8-5-11)18-25-17(32-26-18)19(21,22)23/h2-3,10-11,15,24H,4-9H2,1H3/t15-/m0/s1. The largest absolute Gasteiger partial charge is 0.471 e. The number of hydrogen-bond donors (Lipinski definition) is 1. The van der Waals surface area contributed by atoms with Gasteiger partial charge in [-0.05, 0) is 42.6 Å². The third kappa shape index (κ3) is 4.89. The van der Waals surface area contributed by atoms with Crippen LogP contribution in [-0.4, -0.2) is 67.3 Å². The lowest BCUT2D eigenvalue weighted by Gasteiger charge is -2.36. The van der Waals surface area contributed by atoms with Gasteiger partial charge in [0.15, 0.2) is 9.84 Å². The van der Waals surface area contributed by atoms with Crippen molar-refractivity contribution in [3.05, 3.63) is 29.9 Å². The summed E-state index contributed by atoms with van der Waals surface area (Å²) in [4.78, 5) is 19.4. The van der Waals surface area contributed by atoms with Gasteiger partial charge in [0.25, 0.3) is 5.95 Å². The van der Waals surface area contributed by atoms with Crippen LogP contribution >= 0.6 is 0 Å². The fourth-order valence-electron chi connectivity index (χ4n) is 4.07. The number of aromatic nitrogens is 2. The highest BCUT2D eigenvalue weighted by atomic mass is 32.2. The Kier molecular flexibility index (Phi) is 5.97. The molecule has 0 aliphatic carbocycles. The van der Waals surface area contributed by atoms with E-state index in [1.807, 2.05) is 0 Å². The molecule has 2 saturated heterocycles. The number of carbonyl (C=O) groups is 1. The highest BCUT2D eigenvalue weighted by molar-refractivity contribution is 7.90. The lowest BCUT2D eigenvalue weighted by Crippen LogP contribution is -2.47. The van der Waals surface area contributed by atoms with Gasteiger partial charge in [-0.15, -0.1) is 0 Å². The highest BCUT2D eigenvalue weighted by Crippen LogP contribution is 2.31. The third-order valence-electron chi connectivity index (χ3n) is 5.78. The van der Waals surface area contributed by atoms with Crippen molar-refractivity contribution in [2.24, 2.45) is 0 Å². The molecule has 2 aliphatic rings. The van der Waals surface area contributed by atoms with Crippen LogP contribution in [0.5, 0.6) is 0 Å². The summed E-state index contributed by atoms with van der Waals surface area (Å²) in [5, 5.41) is 6.24. The number of carbonyl (C=O) groups excluding carboxylic acids is 1. The maximum atomic E-state index is 14.3. The Labute approximate surface area is 186 Å². The van der Waals surface area contributed by atoms with Gasteiger partial charge in [-0.25, -0.2) is 12.8 Å². The zero-order valence-corrected chi connectivity index (χ0v) is 18.3. The maximum absolute atomic E-state index is 14.3. The molecule has 2 fully saturated rings. The molecule has 33 heavy (non-hydrogen) atoms. The Balaban J connectivity index is 1.35.